The van der Waals surface area contributed by atoms with Crippen LogP contribution in [0.4, 0.5) is 0 Å². The van der Waals surface area contributed by atoms with Crippen LogP contribution in [0.25, 0.3) is 0 Å². The number of aromatic nitrogens is 3. The zero-order chi connectivity index (χ0) is 14.0. The first kappa shape index (κ1) is 15.2. The lowest BCUT2D eigenvalue weighted by Crippen LogP contribution is -2.45. The van der Waals surface area contributed by atoms with Gasteiger partial charge in [-0.2, -0.15) is 4.31 Å². The van der Waals surface area contributed by atoms with Crippen LogP contribution in [0, 0.1) is 0 Å². The molecule has 0 aromatic carbocycles. The van der Waals surface area contributed by atoms with Gasteiger partial charge in [0.2, 0.25) is 5.03 Å². The summed E-state index contributed by atoms with van der Waals surface area (Å²) in [7, 11) is -2.01. The van der Waals surface area contributed by atoms with Gasteiger partial charge in [0.1, 0.15) is 0 Å². The van der Waals surface area contributed by atoms with E-state index in [4.69, 9.17) is 11.6 Å². The summed E-state index contributed by atoms with van der Waals surface area (Å²) in [6.45, 7) is 0.439. The van der Waals surface area contributed by atoms with Crippen molar-refractivity contribution in [3.8, 4) is 0 Å². The van der Waals surface area contributed by atoms with Crippen LogP contribution < -0.4 is 0 Å². The van der Waals surface area contributed by atoms with Gasteiger partial charge in [-0.05, 0) is 35.2 Å². The minimum Gasteiger partial charge on any atom is -0.235 e. The van der Waals surface area contributed by atoms with E-state index in [1.165, 1.54) is 4.68 Å². The van der Waals surface area contributed by atoms with Gasteiger partial charge in [-0.3, -0.25) is 0 Å². The molecule has 0 unspecified atom stereocenters. The van der Waals surface area contributed by atoms with Crippen molar-refractivity contribution in [2.45, 2.75) is 36.8 Å². The minimum absolute atomic E-state index is 0.0787. The van der Waals surface area contributed by atoms with Crippen LogP contribution in [0.3, 0.4) is 0 Å². The first-order valence-electron chi connectivity index (χ1n) is 6.11. The average Bonchev–Trinajstić information content (AvgIpc) is 2.61. The summed E-state index contributed by atoms with van der Waals surface area (Å²) < 4.78 is 28.5. The third kappa shape index (κ3) is 2.96. The zero-order valence-corrected chi connectivity index (χ0v) is 13.7. The molecule has 0 spiro atoms. The Balaban J connectivity index is 2.33. The smallest absolute Gasteiger partial charge is 0.235 e. The molecule has 0 aliphatic heterocycles. The van der Waals surface area contributed by atoms with Gasteiger partial charge in [0.25, 0.3) is 10.0 Å². The van der Waals surface area contributed by atoms with E-state index in [1.54, 1.807) is 11.4 Å². The van der Waals surface area contributed by atoms with Crippen molar-refractivity contribution >= 4 is 37.6 Å². The van der Waals surface area contributed by atoms with E-state index in [-0.39, 0.29) is 15.7 Å². The maximum Gasteiger partial charge on any atom is 0.263 e. The van der Waals surface area contributed by atoms with Crippen LogP contribution in [0.15, 0.2) is 9.63 Å². The zero-order valence-electron chi connectivity index (χ0n) is 10.6. The van der Waals surface area contributed by atoms with E-state index in [0.29, 0.717) is 18.8 Å². The van der Waals surface area contributed by atoms with Crippen molar-refractivity contribution in [1.82, 2.24) is 19.3 Å². The van der Waals surface area contributed by atoms with E-state index in [9.17, 15) is 8.42 Å². The molecule has 0 amide bonds. The molecular formula is C10H16BrClN4O2S. The highest BCUT2D eigenvalue weighted by atomic mass is 79.9. The highest BCUT2D eigenvalue weighted by Crippen LogP contribution is 2.31. The first-order valence-corrected chi connectivity index (χ1v) is 8.88. The van der Waals surface area contributed by atoms with Crippen LogP contribution in [-0.2, 0) is 17.1 Å². The van der Waals surface area contributed by atoms with Gasteiger partial charge in [0.15, 0.2) is 4.60 Å². The summed E-state index contributed by atoms with van der Waals surface area (Å²) in [5.74, 6) is 0.448. The molecule has 9 heteroatoms. The Morgan fingerprint density at radius 3 is 2.63 bits per heavy atom. The van der Waals surface area contributed by atoms with Crippen molar-refractivity contribution in [2.75, 3.05) is 12.4 Å². The highest BCUT2D eigenvalue weighted by molar-refractivity contribution is 9.10. The predicted octanol–water partition coefficient (Wildman–Crippen LogP) is 1.75. The number of sulfonamides is 1. The monoisotopic (exact) mass is 370 g/mol. The van der Waals surface area contributed by atoms with Gasteiger partial charge in [0.05, 0.1) is 0 Å². The fourth-order valence-corrected chi connectivity index (χ4v) is 4.98. The molecular weight excluding hydrogens is 356 g/mol. The largest absolute Gasteiger partial charge is 0.263 e. The maximum atomic E-state index is 12.7. The quantitative estimate of drug-likeness (QED) is 0.714. The lowest BCUT2D eigenvalue weighted by molar-refractivity contribution is 0.218. The van der Waals surface area contributed by atoms with Gasteiger partial charge >= 0.3 is 0 Å². The van der Waals surface area contributed by atoms with E-state index >= 15 is 0 Å². The second-order valence-electron chi connectivity index (χ2n) is 4.55. The van der Waals surface area contributed by atoms with Crippen LogP contribution in [0.1, 0.15) is 25.7 Å². The Hall–Kier alpha value is -0.180. The molecule has 0 bridgehead atoms. The lowest BCUT2D eigenvalue weighted by atomic mass is 9.93. The Bertz CT molecular complexity index is 524. The van der Waals surface area contributed by atoms with Gasteiger partial charge < -0.3 is 0 Å². The van der Waals surface area contributed by atoms with Crippen molar-refractivity contribution in [3.05, 3.63) is 4.60 Å². The summed E-state index contributed by atoms with van der Waals surface area (Å²) in [5.41, 5.74) is 0. The van der Waals surface area contributed by atoms with Gasteiger partial charge in [-0.1, -0.05) is 11.6 Å². The highest BCUT2D eigenvalue weighted by Gasteiger charge is 2.37. The molecule has 1 heterocycles. The second kappa shape index (κ2) is 6.07. The molecule has 1 saturated carbocycles. The third-order valence-electron chi connectivity index (χ3n) is 3.28. The first-order chi connectivity index (χ1) is 8.98. The third-order valence-corrected chi connectivity index (χ3v) is 6.39. The van der Waals surface area contributed by atoms with Crippen molar-refractivity contribution in [1.29, 1.82) is 0 Å². The molecule has 0 atom stereocenters. The Kier molecular flexibility index (Phi) is 4.86. The molecule has 0 radical (unpaired) electrons. The minimum atomic E-state index is -3.59. The number of alkyl halides is 1. The molecule has 6 nitrogen and oxygen atoms in total. The van der Waals surface area contributed by atoms with Crippen LogP contribution in [-0.4, -0.2) is 46.2 Å². The van der Waals surface area contributed by atoms with Crippen LogP contribution in [0.5, 0.6) is 0 Å². The van der Waals surface area contributed by atoms with Crippen LogP contribution >= 0.6 is 27.5 Å². The number of aryl methyl sites for hydroxylation is 1. The number of rotatable bonds is 6. The summed E-state index contributed by atoms with van der Waals surface area (Å²) in [4.78, 5) is 0. The van der Waals surface area contributed by atoms with Crippen molar-refractivity contribution in [2.24, 2.45) is 7.05 Å². The molecule has 1 fully saturated rings. The Labute approximate surface area is 126 Å². The molecule has 0 saturated heterocycles. The normalized spacial score (nSPS) is 16.8. The topological polar surface area (TPSA) is 68.1 Å². The molecule has 0 N–H and O–H groups in total. The Morgan fingerprint density at radius 1 is 1.53 bits per heavy atom. The number of hydrogen-bond acceptors (Lipinski definition) is 4. The number of nitrogens with zero attached hydrogens (tertiary/aromatic N) is 4. The van der Waals surface area contributed by atoms with Crippen molar-refractivity contribution < 1.29 is 8.42 Å². The van der Waals surface area contributed by atoms with Gasteiger partial charge in [-0.15, -0.1) is 16.7 Å². The molecule has 1 aliphatic carbocycles. The number of hydrogen-bond donors (Lipinski definition) is 0. The number of halogens is 2. The summed E-state index contributed by atoms with van der Waals surface area (Å²) in [5, 5.41) is 7.59. The molecule has 1 aliphatic rings. The van der Waals surface area contributed by atoms with E-state index in [1.807, 2.05) is 0 Å². The predicted molar refractivity (Wildman–Crippen MR) is 75.6 cm³/mol. The summed E-state index contributed by atoms with van der Waals surface area (Å²) in [6.07, 6.45) is 3.53. The fraction of sp³-hybridized carbons (Fsp3) is 0.800. The molecule has 1 aromatic rings. The molecule has 108 valence electrons. The summed E-state index contributed by atoms with van der Waals surface area (Å²) >= 11 is 8.84. The molecule has 19 heavy (non-hydrogen) atoms. The SMILES string of the molecule is Cn1nnc(Br)c1S(=O)(=O)N(CCCCl)C1CCC1. The Morgan fingerprint density at radius 2 is 2.21 bits per heavy atom. The lowest BCUT2D eigenvalue weighted by Gasteiger charge is -2.36. The van der Waals surface area contributed by atoms with Gasteiger partial charge in [0, 0.05) is 25.5 Å². The maximum absolute atomic E-state index is 12.7. The average molecular weight is 372 g/mol. The molecule has 2 rings (SSSR count). The second-order valence-corrected chi connectivity index (χ2v) is 7.49. The van der Waals surface area contributed by atoms with Crippen molar-refractivity contribution in [3.63, 3.8) is 0 Å². The molecule has 1 aromatic heterocycles. The summed E-state index contributed by atoms with van der Waals surface area (Å²) in [6, 6.07) is 0.0787. The van der Waals surface area contributed by atoms with E-state index in [2.05, 4.69) is 26.2 Å². The standard InChI is InChI=1S/C10H16BrClN4O2S/c1-15-10(9(11)13-14-15)19(17,18)16(7-3-6-12)8-4-2-5-8/h8H,2-7H2,1H3. The van der Waals surface area contributed by atoms with E-state index in [0.717, 1.165) is 19.3 Å². The van der Waals surface area contributed by atoms with E-state index < -0.39 is 10.0 Å². The van der Waals surface area contributed by atoms with Crippen LogP contribution in [0.2, 0.25) is 0 Å². The fourth-order valence-electron chi connectivity index (χ4n) is 2.10. The van der Waals surface area contributed by atoms with Gasteiger partial charge in [-0.25, -0.2) is 13.1 Å².